The number of carbonyl (C=O) groups is 4. The summed E-state index contributed by atoms with van der Waals surface area (Å²) in [7, 11) is 3.05. The molecule has 2 N–H and O–H groups in total. The average Bonchev–Trinajstić information content (AvgIpc) is 3.50. The highest BCUT2D eigenvalue weighted by Gasteiger charge is 2.46. The SMILES string of the molecule is C=CCNC(=O)N[C@H]1C[C@@H](C(=O)N2CCC[C@@H]2C(=O)OC)N(C(=O)c2cccn2C)C1. The monoisotopic (exact) mass is 431 g/mol. The van der Waals surface area contributed by atoms with E-state index in [1.54, 1.807) is 36.0 Å². The Balaban J connectivity index is 1.81. The first-order valence-corrected chi connectivity index (χ1v) is 10.3. The van der Waals surface area contributed by atoms with Gasteiger partial charge in [-0.25, -0.2) is 9.59 Å². The largest absolute Gasteiger partial charge is 0.467 e. The third-order valence-corrected chi connectivity index (χ3v) is 5.76. The van der Waals surface area contributed by atoms with Gasteiger partial charge in [0.2, 0.25) is 5.91 Å². The standard InChI is InChI=1S/C21H29N5O5/c1-4-9-22-21(30)23-14-12-17(19(28)25-11-6-8-16(25)20(29)31-3)26(13-14)18(27)15-7-5-10-24(15)2/h4-5,7,10,14,16-17H,1,6,8-9,11-13H2,2-3H3,(H2,22,23,30)/t14-,16+,17-/m0/s1. The third kappa shape index (κ3) is 4.73. The van der Waals surface area contributed by atoms with E-state index in [1.807, 2.05) is 0 Å². The van der Waals surface area contributed by atoms with E-state index in [0.717, 1.165) is 0 Å². The first-order valence-electron chi connectivity index (χ1n) is 10.3. The van der Waals surface area contributed by atoms with Crippen LogP contribution in [0.3, 0.4) is 0 Å². The van der Waals surface area contributed by atoms with Crippen molar-refractivity contribution in [3.8, 4) is 0 Å². The highest BCUT2D eigenvalue weighted by molar-refractivity contribution is 5.98. The summed E-state index contributed by atoms with van der Waals surface area (Å²) in [6.45, 7) is 4.49. The van der Waals surface area contributed by atoms with Gasteiger partial charge in [0, 0.05) is 32.9 Å². The van der Waals surface area contributed by atoms with Crippen molar-refractivity contribution >= 4 is 23.8 Å². The summed E-state index contributed by atoms with van der Waals surface area (Å²) in [6.07, 6.45) is 4.80. The summed E-state index contributed by atoms with van der Waals surface area (Å²) >= 11 is 0. The molecule has 0 saturated carbocycles. The molecule has 2 aliphatic rings. The maximum atomic E-state index is 13.4. The number of rotatable bonds is 6. The second-order valence-corrected chi connectivity index (χ2v) is 7.77. The van der Waals surface area contributed by atoms with Crippen LogP contribution >= 0.6 is 0 Å². The second kappa shape index (κ2) is 9.67. The van der Waals surface area contributed by atoms with Crippen LogP contribution in [0.25, 0.3) is 0 Å². The number of hydrogen-bond acceptors (Lipinski definition) is 5. The fourth-order valence-corrected chi connectivity index (χ4v) is 4.23. The molecule has 1 aromatic heterocycles. The molecule has 3 atom stereocenters. The van der Waals surface area contributed by atoms with Crippen molar-refractivity contribution in [1.82, 2.24) is 25.0 Å². The van der Waals surface area contributed by atoms with Gasteiger partial charge in [0.05, 0.1) is 13.2 Å². The Hall–Kier alpha value is -3.30. The highest BCUT2D eigenvalue weighted by atomic mass is 16.5. The molecule has 0 radical (unpaired) electrons. The van der Waals surface area contributed by atoms with Crippen molar-refractivity contribution in [2.75, 3.05) is 26.7 Å². The lowest BCUT2D eigenvalue weighted by Crippen LogP contribution is -2.51. The summed E-state index contributed by atoms with van der Waals surface area (Å²) < 4.78 is 6.54. The van der Waals surface area contributed by atoms with Crippen molar-refractivity contribution in [2.24, 2.45) is 7.05 Å². The van der Waals surface area contributed by atoms with Crippen molar-refractivity contribution in [1.29, 1.82) is 0 Å². The zero-order valence-corrected chi connectivity index (χ0v) is 17.9. The van der Waals surface area contributed by atoms with E-state index in [2.05, 4.69) is 17.2 Å². The molecule has 2 fully saturated rings. The Morgan fingerprint density at radius 2 is 2.03 bits per heavy atom. The lowest BCUT2D eigenvalue weighted by atomic mass is 10.1. The van der Waals surface area contributed by atoms with E-state index < -0.39 is 30.1 Å². The predicted octanol–water partition coefficient (Wildman–Crippen LogP) is 0.257. The lowest BCUT2D eigenvalue weighted by Gasteiger charge is -2.30. The third-order valence-electron chi connectivity index (χ3n) is 5.76. The lowest BCUT2D eigenvalue weighted by molar-refractivity contribution is -0.152. The fourth-order valence-electron chi connectivity index (χ4n) is 4.23. The molecule has 0 unspecified atom stereocenters. The van der Waals surface area contributed by atoms with Gasteiger partial charge in [-0.2, -0.15) is 0 Å². The van der Waals surface area contributed by atoms with Crippen molar-refractivity contribution in [2.45, 2.75) is 37.4 Å². The Kier molecular flexibility index (Phi) is 6.98. The van der Waals surface area contributed by atoms with Crippen molar-refractivity contribution in [3.63, 3.8) is 0 Å². The second-order valence-electron chi connectivity index (χ2n) is 7.77. The minimum atomic E-state index is -0.780. The Bertz CT molecular complexity index is 866. The van der Waals surface area contributed by atoms with Gasteiger partial charge in [0.25, 0.3) is 5.91 Å². The first kappa shape index (κ1) is 22.4. The Morgan fingerprint density at radius 1 is 1.26 bits per heavy atom. The minimum Gasteiger partial charge on any atom is -0.467 e. The molecular formula is C21H29N5O5. The molecule has 3 rings (SSSR count). The number of likely N-dealkylation sites (tertiary alicyclic amines) is 2. The summed E-state index contributed by atoms with van der Waals surface area (Å²) in [5, 5.41) is 5.45. The summed E-state index contributed by atoms with van der Waals surface area (Å²) in [4.78, 5) is 53.9. The van der Waals surface area contributed by atoms with E-state index >= 15 is 0 Å². The van der Waals surface area contributed by atoms with Crippen LogP contribution in [0.15, 0.2) is 31.0 Å². The maximum absolute atomic E-state index is 13.4. The van der Waals surface area contributed by atoms with E-state index in [4.69, 9.17) is 4.74 Å². The van der Waals surface area contributed by atoms with E-state index in [-0.39, 0.29) is 24.8 Å². The number of hydrogen-bond donors (Lipinski definition) is 2. The smallest absolute Gasteiger partial charge is 0.328 e. The Morgan fingerprint density at radius 3 is 2.68 bits per heavy atom. The van der Waals surface area contributed by atoms with Crippen LogP contribution in [0.2, 0.25) is 0 Å². The van der Waals surface area contributed by atoms with Crippen LogP contribution in [-0.4, -0.2) is 83.1 Å². The molecule has 1 aromatic rings. The van der Waals surface area contributed by atoms with Crippen LogP contribution in [0, 0.1) is 0 Å². The quantitative estimate of drug-likeness (QED) is 0.496. The van der Waals surface area contributed by atoms with Crippen LogP contribution in [-0.2, 0) is 21.4 Å². The molecule has 31 heavy (non-hydrogen) atoms. The number of esters is 1. The summed E-state index contributed by atoms with van der Waals surface area (Å²) in [6, 6.07) is 1.23. The topological polar surface area (TPSA) is 113 Å². The van der Waals surface area contributed by atoms with Crippen molar-refractivity contribution in [3.05, 3.63) is 36.7 Å². The molecule has 0 spiro atoms. The molecule has 0 aliphatic carbocycles. The summed E-state index contributed by atoms with van der Waals surface area (Å²) in [5.41, 5.74) is 0.445. The number of amides is 4. The molecule has 10 heteroatoms. The molecule has 2 aliphatic heterocycles. The number of aryl methyl sites for hydroxylation is 1. The molecule has 3 heterocycles. The first-order chi connectivity index (χ1) is 14.9. The number of nitrogens with one attached hydrogen (secondary N) is 2. The normalized spacial score (nSPS) is 22.8. The highest BCUT2D eigenvalue weighted by Crippen LogP contribution is 2.27. The number of ether oxygens (including phenoxy) is 1. The van der Waals surface area contributed by atoms with Crippen LogP contribution < -0.4 is 10.6 Å². The number of urea groups is 1. The minimum absolute atomic E-state index is 0.193. The zero-order chi connectivity index (χ0) is 22.5. The van der Waals surface area contributed by atoms with Gasteiger partial charge < -0.3 is 29.7 Å². The van der Waals surface area contributed by atoms with Gasteiger partial charge >= 0.3 is 12.0 Å². The maximum Gasteiger partial charge on any atom is 0.328 e. The van der Waals surface area contributed by atoms with Gasteiger partial charge in [-0.05, 0) is 31.4 Å². The molecule has 4 amide bonds. The van der Waals surface area contributed by atoms with Crippen LogP contribution in [0.4, 0.5) is 4.79 Å². The van der Waals surface area contributed by atoms with Crippen LogP contribution in [0.5, 0.6) is 0 Å². The zero-order valence-electron chi connectivity index (χ0n) is 17.9. The predicted molar refractivity (Wildman–Crippen MR) is 112 cm³/mol. The van der Waals surface area contributed by atoms with E-state index in [9.17, 15) is 19.2 Å². The number of aromatic nitrogens is 1. The molecule has 10 nitrogen and oxygen atoms in total. The summed E-state index contributed by atoms with van der Waals surface area (Å²) in [5.74, 6) is -1.05. The molecular weight excluding hydrogens is 402 g/mol. The molecule has 0 bridgehead atoms. The van der Waals surface area contributed by atoms with Crippen molar-refractivity contribution < 1.29 is 23.9 Å². The van der Waals surface area contributed by atoms with Gasteiger partial charge in [-0.3, -0.25) is 9.59 Å². The molecule has 0 aromatic carbocycles. The average molecular weight is 431 g/mol. The van der Waals surface area contributed by atoms with Gasteiger partial charge in [0.1, 0.15) is 17.8 Å². The van der Waals surface area contributed by atoms with Gasteiger partial charge in [-0.1, -0.05) is 6.08 Å². The fraction of sp³-hybridized carbons (Fsp3) is 0.524. The van der Waals surface area contributed by atoms with E-state index in [0.29, 0.717) is 31.6 Å². The van der Waals surface area contributed by atoms with E-state index in [1.165, 1.54) is 16.9 Å². The number of methoxy groups -OCH3 is 1. The molecule has 2 saturated heterocycles. The number of carbonyl (C=O) groups excluding carboxylic acids is 4. The van der Waals surface area contributed by atoms with Crippen LogP contribution in [0.1, 0.15) is 29.8 Å². The molecule has 168 valence electrons. The number of nitrogens with zero attached hydrogens (tertiary/aromatic N) is 3. The van der Waals surface area contributed by atoms with Gasteiger partial charge in [-0.15, -0.1) is 6.58 Å². The van der Waals surface area contributed by atoms with Gasteiger partial charge in [0.15, 0.2) is 0 Å². The Labute approximate surface area is 181 Å².